The van der Waals surface area contributed by atoms with Crippen LogP contribution < -0.4 is 11.3 Å². The number of aromatic amines is 1. The summed E-state index contributed by atoms with van der Waals surface area (Å²) in [6, 6.07) is 0. The van der Waals surface area contributed by atoms with Crippen molar-refractivity contribution < 1.29 is 20.1 Å². The Hall–Kier alpha value is -2.45. The third kappa shape index (κ3) is 2.18. The van der Waals surface area contributed by atoms with Crippen LogP contribution in [0.5, 0.6) is 0 Å². The van der Waals surface area contributed by atoms with E-state index >= 15 is 0 Å². The quantitative estimate of drug-likeness (QED) is 0.395. The average molecular weight is 321 g/mol. The first-order chi connectivity index (χ1) is 10.9. The van der Waals surface area contributed by atoms with Gasteiger partial charge in [-0.1, -0.05) is 5.92 Å². The summed E-state index contributed by atoms with van der Waals surface area (Å²) in [6.45, 7) is -0.259. The van der Waals surface area contributed by atoms with Crippen molar-refractivity contribution in [2.45, 2.75) is 30.5 Å². The highest BCUT2D eigenvalue weighted by Crippen LogP contribution is 2.40. The van der Waals surface area contributed by atoms with E-state index < -0.39 is 29.6 Å². The summed E-state index contributed by atoms with van der Waals surface area (Å²) >= 11 is 0. The zero-order valence-electron chi connectivity index (χ0n) is 11.9. The molecule has 4 atom stereocenters. The molecule has 3 heterocycles. The van der Waals surface area contributed by atoms with Crippen LogP contribution in [0.15, 0.2) is 11.1 Å². The van der Waals surface area contributed by atoms with Crippen molar-refractivity contribution in [1.82, 2.24) is 19.5 Å². The average Bonchev–Trinajstić information content (AvgIpc) is 3.02. The number of imidazole rings is 1. The van der Waals surface area contributed by atoms with Crippen molar-refractivity contribution in [3.63, 3.8) is 0 Å². The van der Waals surface area contributed by atoms with E-state index in [0.29, 0.717) is 0 Å². The van der Waals surface area contributed by atoms with Crippen molar-refractivity contribution in [2.24, 2.45) is 0 Å². The molecular formula is C13H15N5O5. The molecule has 6 N–H and O–H groups in total. The summed E-state index contributed by atoms with van der Waals surface area (Å²) in [7, 11) is 0. The highest BCUT2D eigenvalue weighted by Gasteiger charge is 2.55. The maximum absolute atomic E-state index is 11.8. The minimum atomic E-state index is -2.08. The molecule has 1 aliphatic rings. The molecule has 122 valence electrons. The van der Waals surface area contributed by atoms with Crippen molar-refractivity contribution in [3.8, 4) is 12.3 Å². The number of nitrogen functional groups attached to an aromatic ring is 1. The molecule has 2 aromatic heterocycles. The number of nitrogens with zero attached hydrogens (tertiary/aromatic N) is 3. The van der Waals surface area contributed by atoms with Crippen LogP contribution in [-0.2, 0) is 4.74 Å². The van der Waals surface area contributed by atoms with Crippen LogP contribution >= 0.6 is 0 Å². The molecule has 1 aliphatic heterocycles. The predicted octanol–water partition coefficient (Wildman–Crippen LogP) is -2.29. The lowest BCUT2D eigenvalue weighted by Crippen LogP contribution is -2.45. The summed E-state index contributed by atoms with van der Waals surface area (Å²) in [4.78, 5) is 22.0. The van der Waals surface area contributed by atoms with Crippen molar-refractivity contribution in [1.29, 1.82) is 0 Å². The van der Waals surface area contributed by atoms with E-state index in [4.69, 9.17) is 22.0 Å². The van der Waals surface area contributed by atoms with Gasteiger partial charge in [0.05, 0.1) is 12.4 Å². The van der Waals surface area contributed by atoms with Crippen molar-refractivity contribution >= 4 is 17.1 Å². The highest BCUT2D eigenvalue weighted by atomic mass is 16.6. The number of hydrogen-bond acceptors (Lipinski definition) is 8. The summed E-state index contributed by atoms with van der Waals surface area (Å²) in [5, 5.41) is 29.9. The number of nitrogens with one attached hydrogen (secondary N) is 1. The highest BCUT2D eigenvalue weighted by molar-refractivity contribution is 5.70. The zero-order valence-corrected chi connectivity index (χ0v) is 11.9. The summed E-state index contributed by atoms with van der Waals surface area (Å²) in [6.07, 6.45) is 3.10. The van der Waals surface area contributed by atoms with E-state index in [9.17, 15) is 15.0 Å². The minimum absolute atomic E-state index is 0.0118. The minimum Gasteiger partial charge on any atom is -0.396 e. The van der Waals surface area contributed by atoms with Crippen molar-refractivity contribution in [3.05, 3.63) is 16.7 Å². The maximum atomic E-state index is 11.8. The Morgan fingerprint density at radius 2 is 2.35 bits per heavy atom. The van der Waals surface area contributed by atoms with Crippen LogP contribution in [0.1, 0.15) is 12.6 Å². The molecular weight excluding hydrogens is 306 g/mol. The fraction of sp³-hybridized carbons (Fsp3) is 0.462. The van der Waals surface area contributed by atoms with Gasteiger partial charge in [-0.05, 0) is 6.42 Å². The lowest BCUT2D eigenvalue weighted by atomic mass is 9.94. The Labute approximate surface area is 129 Å². The molecule has 23 heavy (non-hydrogen) atoms. The molecule has 0 bridgehead atoms. The van der Waals surface area contributed by atoms with E-state index in [1.807, 2.05) is 0 Å². The summed E-state index contributed by atoms with van der Waals surface area (Å²) in [5.74, 6) is 1.98. The van der Waals surface area contributed by atoms with Crippen LogP contribution in [0.4, 0.5) is 5.95 Å². The number of aliphatic hydroxyl groups is 3. The molecule has 0 radical (unpaired) electrons. The lowest BCUT2D eigenvalue weighted by molar-refractivity contribution is -0.0694. The van der Waals surface area contributed by atoms with Gasteiger partial charge >= 0.3 is 0 Å². The number of hydrogen-bond donors (Lipinski definition) is 5. The number of aliphatic hydroxyl groups excluding tert-OH is 2. The Morgan fingerprint density at radius 3 is 3.00 bits per heavy atom. The van der Waals surface area contributed by atoms with E-state index in [0.717, 1.165) is 0 Å². The van der Waals surface area contributed by atoms with Gasteiger partial charge in [0.15, 0.2) is 23.0 Å². The van der Waals surface area contributed by atoms with Gasteiger partial charge in [0.25, 0.3) is 5.56 Å². The Balaban J connectivity index is 2.14. The largest absolute Gasteiger partial charge is 0.396 e. The van der Waals surface area contributed by atoms with E-state index in [-0.39, 0.29) is 30.1 Å². The van der Waals surface area contributed by atoms with Gasteiger partial charge in [-0.15, -0.1) is 6.42 Å². The monoisotopic (exact) mass is 321 g/mol. The van der Waals surface area contributed by atoms with E-state index in [1.54, 1.807) is 0 Å². The summed E-state index contributed by atoms with van der Waals surface area (Å²) < 4.78 is 6.82. The molecule has 1 fully saturated rings. The van der Waals surface area contributed by atoms with Crippen LogP contribution in [0.25, 0.3) is 11.2 Å². The van der Waals surface area contributed by atoms with Crippen LogP contribution in [-0.4, -0.2) is 59.3 Å². The molecule has 10 heteroatoms. The number of fused-ring (bicyclic) bond motifs is 1. The second-order valence-corrected chi connectivity index (χ2v) is 5.23. The van der Waals surface area contributed by atoms with E-state index in [1.165, 1.54) is 10.9 Å². The van der Waals surface area contributed by atoms with Gasteiger partial charge in [0.1, 0.15) is 6.10 Å². The van der Waals surface area contributed by atoms with Gasteiger partial charge in [0, 0.05) is 6.61 Å². The Kier molecular flexibility index (Phi) is 3.57. The number of aromatic nitrogens is 4. The van der Waals surface area contributed by atoms with Crippen LogP contribution in [0, 0.1) is 12.3 Å². The molecule has 0 amide bonds. The second kappa shape index (κ2) is 5.32. The molecule has 2 aromatic rings. The van der Waals surface area contributed by atoms with Gasteiger partial charge in [-0.2, -0.15) is 4.98 Å². The topological polar surface area (TPSA) is 160 Å². The standard InChI is InChI=1S/C13H15N5O5/c1-2-13(22)8(20)6(3-4-19)23-11(13)18-5-15-7-9(18)16-12(14)17-10(7)21/h1,5-6,8,11,19-20,22H,3-4H2,(H3,14,16,17,21)/t6?,8-,11?,13-/m1/s1. The normalized spacial score (nSPS) is 30.6. The fourth-order valence-electron chi connectivity index (χ4n) is 2.68. The maximum Gasteiger partial charge on any atom is 0.280 e. The van der Waals surface area contributed by atoms with Gasteiger partial charge < -0.3 is 25.8 Å². The van der Waals surface area contributed by atoms with Crippen LogP contribution in [0.2, 0.25) is 0 Å². The molecule has 0 spiro atoms. The number of anilines is 1. The molecule has 2 unspecified atom stereocenters. The third-order valence-corrected chi connectivity index (χ3v) is 3.83. The number of rotatable bonds is 3. The fourth-order valence-corrected chi connectivity index (χ4v) is 2.68. The third-order valence-electron chi connectivity index (χ3n) is 3.83. The smallest absolute Gasteiger partial charge is 0.280 e. The van der Waals surface area contributed by atoms with E-state index in [2.05, 4.69) is 20.9 Å². The molecule has 0 aliphatic carbocycles. The number of H-pyrrole nitrogens is 1. The van der Waals surface area contributed by atoms with Crippen molar-refractivity contribution in [2.75, 3.05) is 12.3 Å². The first-order valence-electron chi connectivity index (χ1n) is 6.79. The van der Waals surface area contributed by atoms with Gasteiger partial charge in [0.2, 0.25) is 5.95 Å². The SMILES string of the molecule is C#C[C@]1(O)C(n2cnc3c(=O)[nH]c(N)nc32)OC(CCO)[C@H]1O. The van der Waals surface area contributed by atoms with Gasteiger partial charge in [-0.3, -0.25) is 14.3 Å². The number of ether oxygens (including phenoxy) is 1. The molecule has 1 saturated heterocycles. The first-order valence-corrected chi connectivity index (χ1v) is 6.79. The molecule has 0 saturated carbocycles. The predicted molar refractivity (Wildman–Crippen MR) is 78.0 cm³/mol. The molecule has 3 rings (SSSR count). The van der Waals surface area contributed by atoms with Gasteiger partial charge in [-0.25, -0.2) is 4.98 Å². The number of nitrogens with two attached hydrogens (primary N) is 1. The molecule has 0 aromatic carbocycles. The summed E-state index contributed by atoms with van der Waals surface area (Å²) in [5.41, 5.74) is 2.93. The van der Waals surface area contributed by atoms with Crippen LogP contribution in [0.3, 0.4) is 0 Å². The molecule has 10 nitrogen and oxygen atoms in total. The lowest BCUT2D eigenvalue weighted by Gasteiger charge is -2.26. The Morgan fingerprint density at radius 1 is 1.61 bits per heavy atom. The second-order valence-electron chi connectivity index (χ2n) is 5.23. The zero-order chi connectivity index (χ0) is 16.8. The first kappa shape index (κ1) is 15.4. The Bertz CT molecular complexity index is 839. The number of terminal acetylenes is 1.